The minimum absolute atomic E-state index is 0.124. The molecular weight excluding hydrogens is 566 g/mol. The number of benzene rings is 2. The van der Waals surface area contributed by atoms with Gasteiger partial charge in [-0.2, -0.15) is 10.1 Å². The van der Waals surface area contributed by atoms with E-state index in [1.807, 2.05) is 60.7 Å². The molecule has 5 aromatic rings. The minimum Gasteiger partial charge on any atom is -0.357 e. The van der Waals surface area contributed by atoms with Crippen LogP contribution in [0.3, 0.4) is 0 Å². The summed E-state index contributed by atoms with van der Waals surface area (Å²) >= 11 is 0. The summed E-state index contributed by atoms with van der Waals surface area (Å²) in [5.74, 6) is -2.34. The van der Waals surface area contributed by atoms with Crippen LogP contribution in [0.5, 0.6) is 0 Å². The zero-order valence-electron chi connectivity index (χ0n) is 24.0. The standard InChI is InChI=1S/C31H30F2N10O/c1-2-31(32,33)30(13-14-30)41-27-26-25(12-11-24(38-26)21-5-9-22(10-6-21)42-16-15-35-29(42)44)39-28(40-27)36-17-20-3-7-23(8-4-20)43-19-34-18-37-43/h3-12,18-19H,2,13-17H2,1H3,(H,35,44)(H2,36,39,40,41). The molecule has 3 N–H and O–H groups in total. The molecule has 4 heterocycles. The van der Waals surface area contributed by atoms with Gasteiger partial charge in [-0.25, -0.2) is 33.2 Å². The Kier molecular flexibility index (Phi) is 6.79. The van der Waals surface area contributed by atoms with Gasteiger partial charge in [0.05, 0.1) is 16.9 Å². The number of hydrogen-bond acceptors (Lipinski definition) is 8. The van der Waals surface area contributed by atoms with Crippen molar-refractivity contribution in [2.24, 2.45) is 0 Å². The second kappa shape index (κ2) is 10.8. The average Bonchev–Trinajstić information content (AvgIpc) is 3.42. The average molecular weight is 597 g/mol. The molecule has 2 aliphatic rings. The summed E-state index contributed by atoms with van der Waals surface area (Å²) in [5.41, 5.74) is 3.67. The molecule has 1 saturated heterocycles. The van der Waals surface area contributed by atoms with Crippen molar-refractivity contribution in [1.82, 2.24) is 35.0 Å². The molecule has 1 saturated carbocycles. The lowest BCUT2D eigenvalue weighted by Crippen LogP contribution is -2.42. The molecule has 2 fully saturated rings. The van der Waals surface area contributed by atoms with Gasteiger partial charge in [-0.05, 0) is 54.8 Å². The van der Waals surface area contributed by atoms with Crippen LogP contribution in [-0.2, 0) is 6.54 Å². The Labute approximate surface area is 251 Å². The van der Waals surface area contributed by atoms with E-state index in [-0.39, 0.29) is 18.3 Å². The first kappa shape index (κ1) is 27.6. The first-order chi connectivity index (χ1) is 21.3. The van der Waals surface area contributed by atoms with E-state index < -0.39 is 11.5 Å². The van der Waals surface area contributed by atoms with Crippen LogP contribution in [0.1, 0.15) is 31.7 Å². The number of urea groups is 1. The molecule has 224 valence electrons. The highest BCUT2D eigenvalue weighted by molar-refractivity contribution is 5.94. The van der Waals surface area contributed by atoms with Gasteiger partial charge in [0.25, 0.3) is 5.92 Å². The first-order valence-electron chi connectivity index (χ1n) is 14.5. The molecule has 0 bridgehead atoms. The molecule has 13 heteroatoms. The molecule has 1 aliphatic carbocycles. The zero-order valence-corrected chi connectivity index (χ0v) is 24.0. The maximum Gasteiger partial charge on any atom is 0.321 e. The van der Waals surface area contributed by atoms with Crippen LogP contribution in [0.15, 0.2) is 73.3 Å². The first-order valence-corrected chi connectivity index (χ1v) is 14.5. The van der Waals surface area contributed by atoms with Crippen molar-refractivity contribution in [3.8, 4) is 16.9 Å². The van der Waals surface area contributed by atoms with E-state index in [2.05, 4.69) is 36.0 Å². The summed E-state index contributed by atoms with van der Waals surface area (Å²) < 4.78 is 31.7. The molecule has 44 heavy (non-hydrogen) atoms. The Morgan fingerprint density at radius 2 is 1.75 bits per heavy atom. The molecule has 2 amide bonds. The number of hydrogen-bond donors (Lipinski definition) is 3. The van der Waals surface area contributed by atoms with Crippen molar-refractivity contribution < 1.29 is 13.6 Å². The Morgan fingerprint density at radius 1 is 0.977 bits per heavy atom. The van der Waals surface area contributed by atoms with E-state index in [4.69, 9.17) is 4.98 Å². The smallest absolute Gasteiger partial charge is 0.321 e. The van der Waals surface area contributed by atoms with Crippen molar-refractivity contribution >= 4 is 34.5 Å². The number of anilines is 3. The molecular formula is C31H30F2N10O. The number of halogens is 2. The molecule has 0 radical (unpaired) electrons. The number of nitrogens with zero attached hydrogens (tertiary/aromatic N) is 7. The van der Waals surface area contributed by atoms with Gasteiger partial charge in [0.1, 0.15) is 23.7 Å². The highest BCUT2D eigenvalue weighted by atomic mass is 19.3. The number of pyridine rings is 1. The third-order valence-electron chi connectivity index (χ3n) is 8.20. The van der Waals surface area contributed by atoms with Crippen molar-refractivity contribution in [2.45, 2.75) is 44.2 Å². The number of fused-ring (bicyclic) bond motifs is 1. The molecule has 0 spiro atoms. The maximum atomic E-state index is 15.0. The zero-order chi connectivity index (χ0) is 30.3. The van der Waals surface area contributed by atoms with Crippen LogP contribution in [0, 0.1) is 0 Å². The highest BCUT2D eigenvalue weighted by Gasteiger charge is 2.61. The molecule has 11 nitrogen and oxygen atoms in total. The van der Waals surface area contributed by atoms with Gasteiger partial charge in [-0.3, -0.25) is 4.90 Å². The number of amides is 2. The van der Waals surface area contributed by atoms with Crippen molar-refractivity contribution in [3.05, 3.63) is 78.9 Å². The number of rotatable bonds is 10. The van der Waals surface area contributed by atoms with E-state index in [9.17, 15) is 4.79 Å². The van der Waals surface area contributed by atoms with Gasteiger partial charge in [0.2, 0.25) is 5.95 Å². The molecule has 7 rings (SSSR count). The van der Waals surface area contributed by atoms with Gasteiger partial charge in [-0.15, -0.1) is 0 Å². The Bertz CT molecular complexity index is 1810. The summed E-state index contributed by atoms with van der Waals surface area (Å²) in [6.45, 7) is 3.13. The largest absolute Gasteiger partial charge is 0.357 e. The second-order valence-electron chi connectivity index (χ2n) is 11.0. The quantitative estimate of drug-likeness (QED) is 0.196. The number of nitrogens with one attached hydrogen (secondary N) is 3. The molecule has 2 aromatic carbocycles. The lowest BCUT2D eigenvalue weighted by Gasteiger charge is -2.27. The summed E-state index contributed by atoms with van der Waals surface area (Å²) in [4.78, 5) is 31.9. The second-order valence-corrected chi connectivity index (χ2v) is 11.0. The monoisotopic (exact) mass is 596 g/mol. The predicted molar refractivity (Wildman–Crippen MR) is 163 cm³/mol. The fraction of sp³-hybridized carbons (Fsp3) is 0.290. The van der Waals surface area contributed by atoms with Crippen LogP contribution >= 0.6 is 0 Å². The van der Waals surface area contributed by atoms with Crippen molar-refractivity contribution in [1.29, 1.82) is 0 Å². The Hall–Kier alpha value is -5.20. The van der Waals surface area contributed by atoms with Gasteiger partial charge >= 0.3 is 6.03 Å². The van der Waals surface area contributed by atoms with E-state index in [0.29, 0.717) is 55.2 Å². The van der Waals surface area contributed by atoms with E-state index in [0.717, 1.165) is 22.5 Å². The summed E-state index contributed by atoms with van der Waals surface area (Å²) in [6.07, 6.45) is 3.50. The third kappa shape index (κ3) is 5.14. The maximum absolute atomic E-state index is 15.0. The predicted octanol–water partition coefficient (Wildman–Crippen LogP) is 5.40. The van der Waals surface area contributed by atoms with Crippen LogP contribution in [-0.4, -0.2) is 60.3 Å². The number of carbonyl (C=O) groups excluding carboxylic acids is 1. The Morgan fingerprint density at radius 3 is 2.41 bits per heavy atom. The lowest BCUT2D eigenvalue weighted by atomic mass is 10.1. The summed E-state index contributed by atoms with van der Waals surface area (Å²) in [7, 11) is 0. The number of alkyl halides is 2. The molecule has 1 aliphatic heterocycles. The molecule has 0 unspecified atom stereocenters. The van der Waals surface area contributed by atoms with Gasteiger partial charge in [0.15, 0.2) is 5.82 Å². The number of aromatic nitrogens is 6. The SMILES string of the molecule is CCC(F)(F)C1(Nc2nc(NCc3ccc(-n4cncn4)cc3)nc3ccc(-c4ccc(N5CCNC5=O)cc4)nc23)CC1. The van der Waals surface area contributed by atoms with Gasteiger partial charge in [-0.1, -0.05) is 31.2 Å². The highest BCUT2D eigenvalue weighted by Crippen LogP contribution is 2.52. The molecule has 3 aromatic heterocycles. The Balaban J connectivity index is 1.19. The number of carbonyl (C=O) groups is 1. The van der Waals surface area contributed by atoms with Gasteiger partial charge in [0, 0.05) is 37.3 Å². The third-order valence-corrected chi connectivity index (χ3v) is 8.20. The van der Waals surface area contributed by atoms with Crippen LogP contribution in [0.2, 0.25) is 0 Å². The van der Waals surface area contributed by atoms with Crippen LogP contribution < -0.4 is 20.9 Å². The topological polar surface area (TPSA) is 126 Å². The van der Waals surface area contributed by atoms with Crippen LogP contribution in [0.4, 0.5) is 31.0 Å². The lowest BCUT2D eigenvalue weighted by molar-refractivity contribution is -0.0318. The van der Waals surface area contributed by atoms with E-state index in [1.54, 1.807) is 15.9 Å². The summed E-state index contributed by atoms with van der Waals surface area (Å²) in [6, 6.07) is 18.8. The summed E-state index contributed by atoms with van der Waals surface area (Å²) in [5, 5.41) is 13.3. The van der Waals surface area contributed by atoms with Gasteiger partial charge < -0.3 is 16.0 Å². The molecule has 0 atom stereocenters. The van der Waals surface area contributed by atoms with Crippen LogP contribution in [0.25, 0.3) is 28.0 Å². The van der Waals surface area contributed by atoms with Crippen molar-refractivity contribution in [2.75, 3.05) is 28.6 Å². The van der Waals surface area contributed by atoms with Crippen molar-refractivity contribution in [3.63, 3.8) is 0 Å². The minimum atomic E-state index is -2.90. The van der Waals surface area contributed by atoms with E-state index >= 15 is 8.78 Å². The fourth-order valence-electron chi connectivity index (χ4n) is 5.43. The van der Waals surface area contributed by atoms with E-state index in [1.165, 1.54) is 13.3 Å². The fourth-order valence-corrected chi connectivity index (χ4v) is 5.43. The normalized spacial score (nSPS) is 15.8.